The van der Waals surface area contributed by atoms with Crippen molar-refractivity contribution in [3.63, 3.8) is 0 Å². The van der Waals surface area contributed by atoms with E-state index in [0.717, 1.165) is 24.9 Å². The Hall–Kier alpha value is -0.890. The molecule has 1 saturated heterocycles. The van der Waals surface area contributed by atoms with Gasteiger partial charge < -0.3 is 9.64 Å². The van der Waals surface area contributed by atoms with Gasteiger partial charge in [0.25, 0.3) is 0 Å². The van der Waals surface area contributed by atoms with Crippen LogP contribution in [-0.4, -0.2) is 47.7 Å². The van der Waals surface area contributed by atoms with Gasteiger partial charge in [-0.3, -0.25) is 4.90 Å². The maximum atomic E-state index is 13.4. The number of hydrogen-bond donors (Lipinski definition) is 0. The van der Waals surface area contributed by atoms with Crippen molar-refractivity contribution >= 4 is 28.7 Å². The molecule has 0 spiro atoms. The third kappa shape index (κ3) is 5.58. The zero-order valence-electron chi connectivity index (χ0n) is 14.8. The monoisotopic (exact) mass is 448 g/mol. The number of amides is 1. The molecule has 1 aromatic carbocycles. The molecule has 2 rings (SSSR count). The van der Waals surface area contributed by atoms with Crippen LogP contribution in [-0.2, 0) is 11.3 Å². The summed E-state index contributed by atoms with van der Waals surface area (Å²) in [5, 5.41) is 0. The van der Waals surface area contributed by atoms with E-state index in [1.807, 2.05) is 55.5 Å². The van der Waals surface area contributed by atoms with Crippen molar-refractivity contribution < 1.29 is 13.9 Å². The van der Waals surface area contributed by atoms with Crippen LogP contribution in [0.1, 0.15) is 39.2 Å². The average molecular weight is 448 g/mol. The minimum absolute atomic E-state index is 0.173. The molecule has 1 fully saturated rings. The van der Waals surface area contributed by atoms with Crippen molar-refractivity contribution in [2.24, 2.45) is 0 Å². The average Bonchev–Trinajstić information content (AvgIpc) is 2.49. The molecule has 0 aliphatic carbocycles. The first-order valence-electron chi connectivity index (χ1n) is 8.28. The van der Waals surface area contributed by atoms with Gasteiger partial charge in [-0.25, -0.2) is 9.18 Å². The van der Waals surface area contributed by atoms with E-state index >= 15 is 0 Å². The molecule has 4 nitrogen and oxygen atoms in total. The van der Waals surface area contributed by atoms with E-state index < -0.39 is 5.60 Å². The Morgan fingerprint density at radius 2 is 2.00 bits per heavy atom. The lowest BCUT2D eigenvalue weighted by Crippen LogP contribution is -2.46. The van der Waals surface area contributed by atoms with Crippen molar-refractivity contribution in [3.8, 4) is 0 Å². The highest BCUT2D eigenvalue weighted by Gasteiger charge is 2.28. The molecule has 1 heterocycles. The summed E-state index contributed by atoms with van der Waals surface area (Å²) >= 11 is 2.02. The van der Waals surface area contributed by atoms with E-state index in [1.54, 1.807) is 4.90 Å². The highest BCUT2D eigenvalue weighted by Crippen LogP contribution is 2.21. The number of carbonyl (C=O) groups is 1. The lowest BCUT2D eigenvalue weighted by Gasteiger charge is -2.37. The molecule has 134 valence electrons. The quantitative estimate of drug-likeness (QED) is 0.648. The summed E-state index contributed by atoms with van der Waals surface area (Å²) in [5.74, 6) is -0.173. The Balaban J connectivity index is 1.85. The molecule has 0 atom stereocenters. The Kier molecular flexibility index (Phi) is 6.47. The fraction of sp³-hybridized carbons (Fsp3) is 0.611. The molecular weight excluding hydrogens is 422 g/mol. The second kappa shape index (κ2) is 7.99. The predicted octanol–water partition coefficient (Wildman–Crippen LogP) is 4.26. The molecule has 1 aliphatic heterocycles. The number of nitrogens with zero attached hydrogens (tertiary/aromatic N) is 2. The lowest BCUT2D eigenvalue weighted by molar-refractivity contribution is 0.0153. The number of benzene rings is 1. The third-order valence-electron chi connectivity index (χ3n) is 4.16. The molecule has 24 heavy (non-hydrogen) atoms. The maximum Gasteiger partial charge on any atom is 0.410 e. The number of ether oxygens (including phenoxy) is 1. The van der Waals surface area contributed by atoms with Crippen LogP contribution in [0.5, 0.6) is 0 Å². The Labute approximate surface area is 157 Å². The van der Waals surface area contributed by atoms with Gasteiger partial charge in [-0.05, 0) is 80.9 Å². The molecule has 1 aromatic rings. The topological polar surface area (TPSA) is 32.8 Å². The number of rotatable bonds is 3. The van der Waals surface area contributed by atoms with E-state index in [2.05, 4.69) is 11.9 Å². The SMILES string of the molecule is CN(Cc1ccc(F)c(I)c1)C1CCN(C(=O)OC(C)(C)C)CC1. The summed E-state index contributed by atoms with van der Waals surface area (Å²) in [6.07, 6.45) is 1.62. The fourth-order valence-corrected chi connectivity index (χ4v) is 3.45. The Morgan fingerprint density at radius 1 is 1.38 bits per heavy atom. The van der Waals surface area contributed by atoms with Gasteiger partial charge in [-0.15, -0.1) is 0 Å². The van der Waals surface area contributed by atoms with E-state index in [-0.39, 0.29) is 11.9 Å². The van der Waals surface area contributed by atoms with Gasteiger partial charge in [-0.1, -0.05) is 6.07 Å². The van der Waals surface area contributed by atoms with E-state index in [0.29, 0.717) is 22.7 Å². The minimum atomic E-state index is -0.454. The summed E-state index contributed by atoms with van der Waals surface area (Å²) in [7, 11) is 2.09. The van der Waals surface area contributed by atoms with Gasteiger partial charge in [0, 0.05) is 29.2 Å². The first kappa shape index (κ1) is 19.4. The molecule has 0 bridgehead atoms. The van der Waals surface area contributed by atoms with Crippen LogP contribution in [0.3, 0.4) is 0 Å². The lowest BCUT2D eigenvalue weighted by atomic mass is 10.0. The fourth-order valence-electron chi connectivity index (χ4n) is 2.87. The summed E-state index contributed by atoms with van der Waals surface area (Å²) in [4.78, 5) is 16.2. The van der Waals surface area contributed by atoms with Crippen LogP contribution in [0.15, 0.2) is 18.2 Å². The molecule has 0 N–H and O–H groups in total. The maximum absolute atomic E-state index is 13.4. The van der Waals surface area contributed by atoms with Crippen LogP contribution in [0.4, 0.5) is 9.18 Å². The second-order valence-electron chi connectivity index (χ2n) is 7.36. The second-order valence-corrected chi connectivity index (χ2v) is 8.52. The smallest absolute Gasteiger partial charge is 0.410 e. The molecule has 1 amide bonds. The number of likely N-dealkylation sites (tertiary alicyclic amines) is 1. The van der Waals surface area contributed by atoms with Gasteiger partial charge in [0.1, 0.15) is 11.4 Å². The van der Waals surface area contributed by atoms with Crippen molar-refractivity contribution in [3.05, 3.63) is 33.1 Å². The van der Waals surface area contributed by atoms with Crippen molar-refractivity contribution in [2.45, 2.75) is 51.8 Å². The van der Waals surface area contributed by atoms with Gasteiger partial charge in [0.05, 0.1) is 0 Å². The minimum Gasteiger partial charge on any atom is -0.444 e. The van der Waals surface area contributed by atoms with Crippen molar-refractivity contribution in [1.29, 1.82) is 0 Å². The molecule has 0 unspecified atom stereocenters. The predicted molar refractivity (Wildman–Crippen MR) is 101 cm³/mol. The van der Waals surface area contributed by atoms with Gasteiger partial charge in [0.15, 0.2) is 0 Å². The van der Waals surface area contributed by atoms with Crippen LogP contribution >= 0.6 is 22.6 Å². The summed E-state index contributed by atoms with van der Waals surface area (Å²) in [6.45, 7) is 7.86. The van der Waals surface area contributed by atoms with Gasteiger partial charge in [0.2, 0.25) is 0 Å². The van der Waals surface area contributed by atoms with Crippen LogP contribution in [0.25, 0.3) is 0 Å². The van der Waals surface area contributed by atoms with Crippen LogP contribution in [0, 0.1) is 9.39 Å². The van der Waals surface area contributed by atoms with E-state index in [4.69, 9.17) is 4.74 Å². The first-order chi connectivity index (χ1) is 11.2. The first-order valence-corrected chi connectivity index (χ1v) is 9.35. The summed E-state index contributed by atoms with van der Waals surface area (Å²) in [5.41, 5.74) is 0.655. The molecule has 1 aliphatic rings. The number of halogens is 2. The highest BCUT2D eigenvalue weighted by molar-refractivity contribution is 14.1. The third-order valence-corrected chi connectivity index (χ3v) is 4.98. The Bertz CT molecular complexity index is 581. The molecule has 0 radical (unpaired) electrons. The van der Waals surface area contributed by atoms with Crippen molar-refractivity contribution in [2.75, 3.05) is 20.1 Å². The highest BCUT2D eigenvalue weighted by atomic mass is 127. The largest absolute Gasteiger partial charge is 0.444 e. The van der Waals surface area contributed by atoms with E-state index in [1.165, 1.54) is 6.07 Å². The van der Waals surface area contributed by atoms with Crippen LogP contribution < -0.4 is 0 Å². The van der Waals surface area contributed by atoms with Crippen molar-refractivity contribution in [1.82, 2.24) is 9.80 Å². The van der Waals surface area contributed by atoms with Gasteiger partial charge in [-0.2, -0.15) is 0 Å². The number of hydrogen-bond acceptors (Lipinski definition) is 3. The van der Waals surface area contributed by atoms with Gasteiger partial charge >= 0.3 is 6.09 Å². The molecule has 0 aromatic heterocycles. The summed E-state index contributed by atoms with van der Waals surface area (Å²) < 4.78 is 19.4. The zero-order valence-corrected chi connectivity index (χ0v) is 17.0. The van der Waals surface area contributed by atoms with Crippen LogP contribution in [0.2, 0.25) is 0 Å². The normalized spacial score (nSPS) is 16.5. The zero-order chi connectivity index (χ0) is 17.9. The summed E-state index contributed by atoms with van der Waals surface area (Å²) in [6, 6.07) is 5.67. The Morgan fingerprint density at radius 3 is 2.54 bits per heavy atom. The molecule has 6 heteroatoms. The van der Waals surface area contributed by atoms with E-state index in [9.17, 15) is 9.18 Å². The standard InChI is InChI=1S/C18H26FIN2O2/c1-18(2,3)24-17(23)22-9-7-14(8-10-22)21(4)12-13-5-6-15(19)16(20)11-13/h5-6,11,14H,7-10,12H2,1-4H3. The number of carbonyl (C=O) groups excluding carboxylic acids is 1. The molecular formula is C18H26FIN2O2. The number of piperidine rings is 1. The molecule has 0 saturated carbocycles.